The summed E-state index contributed by atoms with van der Waals surface area (Å²) in [6, 6.07) is 11.3. The zero-order chi connectivity index (χ0) is 16.2. The van der Waals surface area contributed by atoms with Crippen LogP contribution in [-0.4, -0.2) is 18.4 Å². The number of thiophene rings is 1. The van der Waals surface area contributed by atoms with Crippen molar-refractivity contribution >= 4 is 28.8 Å². The standard InChI is InChI=1S/C17H20N2O2S/c1-17(2,3)12-6-8-13(9-7-12)19-15(20)11-18-16(21)14-5-4-10-22-14/h4-10H,11H2,1-3H3,(H,18,21)(H,19,20). The average Bonchev–Trinajstić information content (AvgIpc) is 2.98. The number of anilines is 1. The first-order valence-corrected chi connectivity index (χ1v) is 7.96. The van der Waals surface area contributed by atoms with Crippen molar-refractivity contribution in [2.45, 2.75) is 26.2 Å². The van der Waals surface area contributed by atoms with Crippen LogP contribution in [0.1, 0.15) is 36.0 Å². The van der Waals surface area contributed by atoms with E-state index in [4.69, 9.17) is 0 Å². The van der Waals surface area contributed by atoms with Crippen LogP contribution in [0, 0.1) is 0 Å². The van der Waals surface area contributed by atoms with Crippen molar-refractivity contribution in [1.29, 1.82) is 0 Å². The van der Waals surface area contributed by atoms with Crippen LogP contribution in [0.4, 0.5) is 5.69 Å². The summed E-state index contributed by atoms with van der Waals surface area (Å²) in [6.45, 7) is 6.37. The summed E-state index contributed by atoms with van der Waals surface area (Å²) in [5.41, 5.74) is 2.01. The molecule has 1 heterocycles. The van der Waals surface area contributed by atoms with E-state index >= 15 is 0 Å². The summed E-state index contributed by atoms with van der Waals surface area (Å²) < 4.78 is 0. The molecule has 0 saturated carbocycles. The van der Waals surface area contributed by atoms with Gasteiger partial charge in [0.25, 0.3) is 5.91 Å². The number of benzene rings is 1. The topological polar surface area (TPSA) is 58.2 Å². The summed E-state index contributed by atoms with van der Waals surface area (Å²) in [7, 11) is 0. The maximum Gasteiger partial charge on any atom is 0.261 e. The van der Waals surface area contributed by atoms with E-state index in [-0.39, 0.29) is 23.8 Å². The molecule has 0 spiro atoms. The highest BCUT2D eigenvalue weighted by molar-refractivity contribution is 7.12. The first-order chi connectivity index (χ1) is 10.4. The van der Waals surface area contributed by atoms with Crippen LogP contribution in [0.25, 0.3) is 0 Å². The molecule has 116 valence electrons. The highest BCUT2D eigenvalue weighted by atomic mass is 32.1. The van der Waals surface area contributed by atoms with Crippen LogP contribution in [0.3, 0.4) is 0 Å². The third kappa shape index (κ3) is 4.43. The van der Waals surface area contributed by atoms with Crippen LogP contribution in [0.15, 0.2) is 41.8 Å². The van der Waals surface area contributed by atoms with E-state index < -0.39 is 0 Å². The lowest BCUT2D eigenvalue weighted by atomic mass is 9.87. The van der Waals surface area contributed by atoms with Crippen LogP contribution < -0.4 is 10.6 Å². The molecule has 1 aromatic carbocycles. The molecule has 2 amide bonds. The third-order valence-corrected chi connectivity index (χ3v) is 4.06. The van der Waals surface area contributed by atoms with Gasteiger partial charge in [-0.15, -0.1) is 11.3 Å². The van der Waals surface area contributed by atoms with Crippen molar-refractivity contribution in [3.05, 3.63) is 52.2 Å². The Kier molecular flexibility index (Phi) is 4.98. The second-order valence-corrected chi connectivity index (χ2v) is 6.98. The molecule has 1 aromatic heterocycles. The molecule has 0 fully saturated rings. The second kappa shape index (κ2) is 6.75. The predicted molar refractivity (Wildman–Crippen MR) is 90.4 cm³/mol. The van der Waals surface area contributed by atoms with Crippen LogP contribution in [0.2, 0.25) is 0 Å². The average molecular weight is 316 g/mol. The van der Waals surface area contributed by atoms with Crippen molar-refractivity contribution in [2.24, 2.45) is 0 Å². The number of nitrogens with one attached hydrogen (secondary N) is 2. The number of hydrogen-bond donors (Lipinski definition) is 2. The molecule has 0 unspecified atom stereocenters. The van der Waals surface area contributed by atoms with E-state index in [0.717, 1.165) is 5.69 Å². The van der Waals surface area contributed by atoms with Crippen molar-refractivity contribution in [2.75, 3.05) is 11.9 Å². The molecule has 0 radical (unpaired) electrons. The fourth-order valence-corrected chi connectivity index (χ4v) is 2.55. The summed E-state index contributed by atoms with van der Waals surface area (Å²) in [4.78, 5) is 24.2. The largest absolute Gasteiger partial charge is 0.342 e. The Labute approximate surface area is 134 Å². The highest BCUT2D eigenvalue weighted by Crippen LogP contribution is 2.23. The van der Waals surface area contributed by atoms with Gasteiger partial charge in [-0.1, -0.05) is 39.0 Å². The van der Waals surface area contributed by atoms with Gasteiger partial charge < -0.3 is 10.6 Å². The Morgan fingerprint density at radius 2 is 1.77 bits per heavy atom. The van der Waals surface area contributed by atoms with Gasteiger partial charge in [-0.25, -0.2) is 0 Å². The van der Waals surface area contributed by atoms with E-state index in [2.05, 4.69) is 31.4 Å². The van der Waals surface area contributed by atoms with Crippen molar-refractivity contribution < 1.29 is 9.59 Å². The molecular weight excluding hydrogens is 296 g/mol. The van der Waals surface area contributed by atoms with Crippen molar-refractivity contribution in [3.8, 4) is 0 Å². The van der Waals surface area contributed by atoms with E-state index in [1.807, 2.05) is 29.6 Å². The molecule has 2 rings (SSSR count). The quantitative estimate of drug-likeness (QED) is 0.908. The zero-order valence-electron chi connectivity index (χ0n) is 13.0. The Morgan fingerprint density at radius 3 is 2.32 bits per heavy atom. The predicted octanol–water partition coefficient (Wildman–Crippen LogP) is 3.41. The molecular formula is C17H20N2O2S. The minimum Gasteiger partial charge on any atom is -0.342 e. The van der Waals surface area contributed by atoms with Crippen molar-refractivity contribution in [3.63, 3.8) is 0 Å². The minimum atomic E-state index is -0.242. The molecule has 22 heavy (non-hydrogen) atoms. The Morgan fingerprint density at radius 1 is 1.09 bits per heavy atom. The normalized spacial score (nSPS) is 11.0. The monoisotopic (exact) mass is 316 g/mol. The Balaban J connectivity index is 1.86. The van der Waals surface area contributed by atoms with Crippen LogP contribution in [-0.2, 0) is 10.2 Å². The zero-order valence-corrected chi connectivity index (χ0v) is 13.8. The summed E-state index contributed by atoms with van der Waals surface area (Å²) in [6.07, 6.45) is 0. The lowest BCUT2D eigenvalue weighted by molar-refractivity contribution is -0.115. The first-order valence-electron chi connectivity index (χ1n) is 7.08. The third-order valence-electron chi connectivity index (χ3n) is 3.19. The van der Waals surface area contributed by atoms with E-state index in [1.165, 1.54) is 16.9 Å². The van der Waals surface area contributed by atoms with Gasteiger partial charge in [-0.2, -0.15) is 0 Å². The molecule has 0 atom stereocenters. The van der Waals surface area contributed by atoms with Gasteiger partial charge in [0.05, 0.1) is 11.4 Å². The number of carbonyl (C=O) groups excluding carboxylic acids is 2. The summed E-state index contributed by atoms with van der Waals surface area (Å²) >= 11 is 1.35. The van der Waals surface area contributed by atoms with E-state index in [9.17, 15) is 9.59 Å². The van der Waals surface area contributed by atoms with Gasteiger partial charge in [0.1, 0.15) is 0 Å². The smallest absolute Gasteiger partial charge is 0.261 e. The first kappa shape index (κ1) is 16.2. The summed E-state index contributed by atoms with van der Waals surface area (Å²) in [5, 5.41) is 7.20. The molecule has 2 N–H and O–H groups in total. The summed E-state index contributed by atoms with van der Waals surface area (Å²) in [5.74, 6) is -0.471. The molecule has 4 nitrogen and oxygen atoms in total. The lowest BCUT2D eigenvalue weighted by Gasteiger charge is -2.19. The SMILES string of the molecule is CC(C)(C)c1ccc(NC(=O)CNC(=O)c2cccs2)cc1. The Bertz CT molecular complexity index is 640. The maximum absolute atomic E-state index is 11.8. The number of rotatable bonds is 4. The molecule has 0 bridgehead atoms. The Hall–Kier alpha value is -2.14. The molecule has 0 aliphatic carbocycles. The van der Waals surface area contributed by atoms with Gasteiger partial charge >= 0.3 is 0 Å². The number of carbonyl (C=O) groups is 2. The van der Waals surface area contributed by atoms with Gasteiger partial charge in [0, 0.05) is 5.69 Å². The van der Waals surface area contributed by atoms with Crippen LogP contribution >= 0.6 is 11.3 Å². The molecule has 0 aliphatic rings. The fraction of sp³-hybridized carbons (Fsp3) is 0.294. The van der Waals surface area contributed by atoms with Crippen molar-refractivity contribution in [1.82, 2.24) is 5.32 Å². The fourth-order valence-electron chi connectivity index (χ4n) is 1.91. The number of amides is 2. The van der Waals surface area contributed by atoms with Gasteiger partial charge in [0.15, 0.2) is 0 Å². The molecule has 2 aromatic rings. The van der Waals surface area contributed by atoms with Gasteiger partial charge in [0.2, 0.25) is 5.91 Å². The van der Waals surface area contributed by atoms with E-state index in [0.29, 0.717) is 4.88 Å². The van der Waals surface area contributed by atoms with E-state index in [1.54, 1.807) is 12.1 Å². The van der Waals surface area contributed by atoms with Crippen LogP contribution in [0.5, 0.6) is 0 Å². The number of hydrogen-bond acceptors (Lipinski definition) is 3. The highest BCUT2D eigenvalue weighted by Gasteiger charge is 2.13. The van der Waals surface area contributed by atoms with Gasteiger partial charge in [-0.3, -0.25) is 9.59 Å². The second-order valence-electron chi connectivity index (χ2n) is 6.04. The lowest BCUT2D eigenvalue weighted by Crippen LogP contribution is -2.32. The molecule has 0 aliphatic heterocycles. The maximum atomic E-state index is 11.8. The van der Waals surface area contributed by atoms with Gasteiger partial charge in [-0.05, 0) is 34.6 Å². The molecule has 0 saturated heterocycles. The minimum absolute atomic E-state index is 0.0439. The molecule has 5 heteroatoms.